The van der Waals surface area contributed by atoms with E-state index in [1.54, 1.807) is 18.9 Å². The number of likely N-dealkylation sites (tertiary alicyclic amines) is 1. The number of ether oxygens (including phenoxy) is 2. The molecule has 7 nitrogen and oxygen atoms in total. The summed E-state index contributed by atoms with van der Waals surface area (Å²) in [5.41, 5.74) is 0.0213. The van der Waals surface area contributed by atoms with Gasteiger partial charge in [-0.3, -0.25) is 4.79 Å². The average molecular weight is 350 g/mol. The molecule has 1 saturated heterocycles. The molecule has 1 atom stereocenters. The van der Waals surface area contributed by atoms with Crippen molar-refractivity contribution in [3.05, 3.63) is 23.8 Å². The van der Waals surface area contributed by atoms with Gasteiger partial charge in [-0.2, -0.15) is 0 Å². The van der Waals surface area contributed by atoms with E-state index in [0.717, 1.165) is 12.0 Å². The Morgan fingerprint density at radius 3 is 2.72 bits per heavy atom. The molecular formula is C18H26N2O5. The van der Waals surface area contributed by atoms with Crippen LogP contribution in [0.2, 0.25) is 0 Å². The van der Waals surface area contributed by atoms with Gasteiger partial charge in [0.15, 0.2) is 11.5 Å². The second-order valence-electron chi connectivity index (χ2n) is 6.53. The van der Waals surface area contributed by atoms with Crippen molar-refractivity contribution >= 4 is 12.0 Å². The average Bonchev–Trinajstić information content (AvgIpc) is 3.02. The molecule has 0 spiro atoms. The topological polar surface area (TPSA) is 88.1 Å². The lowest BCUT2D eigenvalue weighted by molar-refractivity contribution is -0.147. The number of benzene rings is 1. The molecule has 0 bridgehead atoms. The molecule has 1 aromatic rings. The molecule has 2 N–H and O–H groups in total. The van der Waals surface area contributed by atoms with E-state index in [-0.39, 0.29) is 12.6 Å². The van der Waals surface area contributed by atoms with Crippen LogP contribution in [0.15, 0.2) is 18.2 Å². The van der Waals surface area contributed by atoms with E-state index in [1.807, 2.05) is 25.1 Å². The van der Waals surface area contributed by atoms with Crippen LogP contribution in [-0.4, -0.2) is 48.8 Å². The lowest BCUT2D eigenvalue weighted by atomic mass is 9.90. The minimum Gasteiger partial charge on any atom is -0.493 e. The standard InChI is InChI=1S/C18H26N2O5/c1-4-9-25-14-6-5-13(10-15(14)24-3)11-19-17(23)20-8-7-18(2,12-20)16(21)22/h5-6,10H,4,7-9,11-12H2,1-3H3,(H,19,23)(H,21,22). The second kappa shape index (κ2) is 8.09. The predicted molar refractivity (Wildman–Crippen MR) is 92.9 cm³/mol. The van der Waals surface area contributed by atoms with Gasteiger partial charge >= 0.3 is 12.0 Å². The SMILES string of the molecule is CCCOc1ccc(CNC(=O)N2CCC(C)(C(=O)O)C2)cc1OC. The van der Waals surface area contributed by atoms with E-state index in [4.69, 9.17) is 9.47 Å². The zero-order valence-corrected chi connectivity index (χ0v) is 15.0. The Bertz CT molecular complexity index is 634. The number of nitrogens with zero attached hydrogens (tertiary/aromatic N) is 1. The van der Waals surface area contributed by atoms with Crippen LogP contribution in [0, 0.1) is 5.41 Å². The summed E-state index contributed by atoms with van der Waals surface area (Å²) >= 11 is 0. The Kier molecular flexibility index (Phi) is 6.12. The fourth-order valence-electron chi connectivity index (χ4n) is 2.75. The highest BCUT2D eigenvalue weighted by molar-refractivity contribution is 5.79. The third kappa shape index (κ3) is 4.55. The number of urea groups is 1. The number of methoxy groups -OCH3 is 1. The normalized spacial score (nSPS) is 19.6. The molecule has 1 aromatic carbocycles. The van der Waals surface area contributed by atoms with Crippen molar-refractivity contribution in [2.24, 2.45) is 5.41 Å². The van der Waals surface area contributed by atoms with Gasteiger partial charge in [-0.1, -0.05) is 13.0 Å². The maximum atomic E-state index is 12.3. The van der Waals surface area contributed by atoms with Crippen LogP contribution in [0.5, 0.6) is 11.5 Å². The summed E-state index contributed by atoms with van der Waals surface area (Å²) in [6.07, 6.45) is 1.37. The van der Waals surface area contributed by atoms with Gasteiger partial charge in [0, 0.05) is 19.6 Å². The highest BCUT2D eigenvalue weighted by Crippen LogP contribution is 2.30. The van der Waals surface area contributed by atoms with Crippen molar-refractivity contribution in [3.63, 3.8) is 0 Å². The number of hydrogen-bond acceptors (Lipinski definition) is 4. The van der Waals surface area contributed by atoms with E-state index < -0.39 is 11.4 Å². The van der Waals surface area contributed by atoms with Gasteiger partial charge in [-0.15, -0.1) is 0 Å². The quantitative estimate of drug-likeness (QED) is 0.789. The molecule has 1 fully saturated rings. The van der Waals surface area contributed by atoms with Crippen molar-refractivity contribution in [2.75, 3.05) is 26.8 Å². The maximum absolute atomic E-state index is 12.3. The van der Waals surface area contributed by atoms with E-state index in [1.165, 1.54) is 0 Å². The maximum Gasteiger partial charge on any atom is 0.317 e. The Morgan fingerprint density at radius 2 is 2.12 bits per heavy atom. The molecule has 2 rings (SSSR count). The summed E-state index contributed by atoms with van der Waals surface area (Å²) in [7, 11) is 1.58. The molecule has 7 heteroatoms. The minimum absolute atomic E-state index is 0.223. The molecule has 1 aliphatic rings. The van der Waals surface area contributed by atoms with E-state index in [9.17, 15) is 14.7 Å². The molecule has 0 radical (unpaired) electrons. The minimum atomic E-state index is -0.866. The Hall–Kier alpha value is -2.44. The molecule has 1 heterocycles. The van der Waals surface area contributed by atoms with Crippen LogP contribution in [0.25, 0.3) is 0 Å². The summed E-state index contributed by atoms with van der Waals surface area (Å²) in [6.45, 7) is 5.32. The molecule has 0 aromatic heterocycles. The van der Waals surface area contributed by atoms with Crippen LogP contribution in [0.3, 0.4) is 0 Å². The summed E-state index contributed by atoms with van der Waals surface area (Å²) in [4.78, 5) is 25.1. The number of carboxylic acid groups (broad SMARTS) is 1. The van der Waals surface area contributed by atoms with Crippen LogP contribution in [-0.2, 0) is 11.3 Å². The predicted octanol–water partition coefficient (Wildman–Crippen LogP) is 2.49. The summed E-state index contributed by atoms with van der Waals surface area (Å²) < 4.78 is 10.9. The largest absolute Gasteiger partial charge is 0.493 e. The van der Waals surface area contributed by atoms with Gasteiger partial charge in [0.05, 0.1) is 19.1 Å². The number of rotatable bonds is 7. The number of nitrogens with one attached hydrogen (secondary N) is 1. The Morgan fingerprint density at radius 1 is 1.36 bits per heavy atom. The molecule has 2 amide bonds. The number of carbonyl (C=O) groups is 2. The zero-order valence-electron chi connectivity index (χ0n) is 15.0. The first-order valence-corrected chi connectivity index (χ1v) is 8.45. The van der Waals surface area contributed by atoms with Crippen molar-refractivity contribution in [1.29, 1.82) is 0 Å². The number of aliphatic carboxylic acids is 1. The van der Waals surface area contributed by atoms with Gasteiger partial charge in [-0.25, -0.2) is 4.79 Å². The highest BCUT2D eigenvalue weighted by atomic mass is 16.5. The molecule has 0 aliphatic carbocycles. The molecule has 1 aliphatic heterocycles. The van der Waals surface area contributed by atoms with Crippen molar-refractivity contribution in [2.45, 2.75) is 33.2 Å². The van der Waals surface area contributed by atoms with E-state index in [0.29, 0.717) is 37.6 Å². The summed E-state index contributed by atoms with van der Waals surface area (Å²) in [5.74, 6) is 0.436. The third-order valence-corrected chi connectivity index (χ3v) is 4.41. The molecule has 25 heavy (non-hydrogen) atoms. The number of carboxylic acids is 1. The summed E-state index contributed by atoms with van der Waals surface area (Å²) in [5, 5.41) is 12.1. The highest BCUT2D eigenvalue weighted by Gasteiger charge is 2.42. The van der Waals surface area contributed by atoms with Crippen molar-refractivity contribution < 1.29 is 24.2 Å². The fraction of sp³-hybridized carbons (Fsp3) is 0.556. The Labute approximate surface area is 147 Å². The fourth-order valence-corrected chi connectivity index (χ4v) is 2.75. The number of amides is 2. The molecule has 138 valence electrons. The van der Waals surface area contributed by atoms with Gasteiger partial charge in [0.25, 0.3) is 0 Å². The van der Waals surface area contributed by atoms with E-state index in [2.05, 4.69) is 5.32 Å². The monoisotopic (exact) mass is 350 g/mol. The van der Waals surface area contributed by atoms with Gasteiger partial charge in [0.2, 0.25) is 0 Å². The van der Waals surface area contributed by atoms with Gasteiger partial charge in [0.1, 0.15) is 0 Å². The van der Waals surface area contributed by atoms with Crippen molar-refractivity contribution in [1.82, 2.24) is 10.2 Å². The van der Waals surface area contributed by atoms with Crippen LogP contribution in [0.1, 0.15) is 32.3 Å². The van der Waals surface area contributed by atoms with Gasteiger partial charge in [-0.05, 0) is 37.5 Å². The Balaban J connectivity index is 1.93. The number of hydrogen-bond donors (Lipinski definition) is 2. The van der Waals surface area contributed by atoms with Crippen molar-refractivity contribution in [3.8, 4) is 11.5 Å². The molecule has 1 unspecified atom stereocenters. The third-order valence-electron chi connectivity index (χ3n) is 4.41. The number of carbonyl (C=O) groups excluding carboxylic acids is 1. The van der Waals surface area contributed by atoms with Gasteiger partial charge < -0.3 is 24.8 Å². The summed E-state index contributed by atoms with van der Waals surface area (Å²) in [6, 6.07) is 5.28. The van der Waals surface area contributed by atoms with Crippen LogP contribution < -0.4 is 14.8 Å². The van der Waals surface area contributed by atoms with E-state index >= 15 is 0 Å². The molecule has 0 saturated carbocycles. The first kappa shape index (κ1) is 18.9. The lowest BCUT2D eigenvalue weighted by Gasteiger charge is -2.20. The zero-order chi connectivity index (χ0) is 18.4. The lowest BCUT2D eigenvalue weighted by Crippen LogP contribution is -2.40. The first-order valence-electron chi connectivity index (χ1n) is 8.45. The van der Waals surface area contributed by atoms with Crippen LogP contribution in [0.4, 0.5) is 4.79 Å². The smallest absolute Gasteiger partial charge is 0.317 e. The molecular weight excluding hydrogens is 324 g/mol. The first-order chi connectivity index (χ1) is 11.9. The second-order valence-corrected chi connectivity index (χ2v) is 6.53. The van der Waals surface area contributed by atoms with Crippen LogP contribution >= 0.6 is 0 Å².